The average Bonchev–Trinajstić information content (AvgIpc) is 2.41. The van der Waals surface area contributed by atoms with Crippen LogP contribution in [-0.2, 0) is 7.05 Å². The number of nitrogen functional groups attached to an aromatic ring is 1. The summed E-state index contributed by atoms with van der Waals surface area (Å²) < 4.78 is 1.77. The number of hydrogen-bond acceptors (Lipinski definition) is 3. The Labute approximate surface area is 84.3 Å². The highest BCUT2D eigenvalue weighted by molar-refractivity contribution is 5.95. The molecular formula is C10H17N3O. The van der Waals surface area contributed by atoms with Gasteiger partial charge in [-0.3, -0.25) is 4.79 Å². The molecule has 1 aromatic rings. The molecule has 0 aliphatic carbocycles. The predicted octanol–water partition coefficient (Wildman–Crippen LogP) is 0.742. The van der Waals surface area contributed by atoms with Gasteiger partial charge in [-0.05, 0) is 20.2 Å². The lowest BCUT2D eigenvalue weighted by Gasteiger charge is -2.08. The van der Waals surface area contributed by atoms with Crippen molar-refractivity contribution >= 4 is 11.5 Å². The second-order valence-corrected chi connectivity index (χ2v) is 3.75. The van der Waals surface area contributed by atoms with Crippen LogP contribution in [0.4, 0.5) is 5.69 Å². The van der Waals surface area contributed by atoms with E-state index in [9.17, 15) is 4.79 Å². The Kier molecular flexibility index (Phi) is 3.30. The van der Waals surface area contributed by atoms with Crippen molar-refractivity contribution in [3.05, 3.63) is 18.0 Å². The van der Waals surface area contributed by atoms with Crippen LogP contribution >= 0.6 is 0 Å². The molecule has 0 fully saturated rings. The average molecular weight is 195 g/mol. The summed E-state index contributed by atoms with van der Waals surface area (Å²) in [4.78, 5) is 13.7. The van der Waals surface area contributed by atoms with E-state index in [1.165, 1.54) is 0 Å². The van der Waals surface area contributed by atoms with Gasteiger partial charge in [0.05, 0.1) is 11.4 Å². The van der Waals surface area contributed by atoms with Gasteiger partial charge in [-0.1, -0.05) is 0 Å². The van der Waals surface area contributed by atoms with Gasteiger partial charge in [-0.15, -0.1) is 0 Å². The second kappa shape index (κ2) is 4.28. The van der Waals surface area contributed by atoms with E-state index < -0.39 is 0 Å². The zero-order chi connectivity index (χ0) is 10.7. The number of rotatable bonds is 4. The fourth-order valence-corrected chi connectivity index (χ4v) is 1.32. The first-order valence-corrected chi connectivity index (χ1v) is 4.60. The third-order valence-electron chi connectivity index (χ3n) is 2.10. The number of anilines is 1. The monoisotopic (exact) mass is 195 g/mol. The number of aryl methyl sites for hydroxylation is 1. The van der Waals surface area contributed by atoms with Gasteiger partial charge in [0, 0.05) is 26.2 Å². The summed E-state index contributed by atoms with van der Waals surface area (Å²) in [6.07, 6.45) is 2.28. The molecule has 0 aromatic carbocycles. The first-order valence-electron chi connectivity index (χ1n) is 4.60. The zero-order valence-electron chi connectivity index (χ0n) is 8.95. The maximum Gasteiger partial charge on any atom is 0.180 e. The smallest absolute Gasteiger partial charge is 0.180 e. The molecule has 4 heteroatoms. The quantitative estimate of drug-likeness (QED) is 0.721. The van der Waals surface area contributed by atoms with Crippen LogP contribution < -0.4 is 5.73 Å². The third kappa shape index (κ3) is 2.60. The second-order valence-electron chi connectivity index (χ2n) is 3.75. The van der Waals surface area contributed by atoms with E-state index in [-0.39, 0.29) is 5.78 Å². The molecule has 0 saturated heterocycles. The van der Waals surface area contributed by atoms with Crippen LogP contribution in [-0.4, -0.2) is 35.9 Å². The Balaban J connectivity index is 2.65. The summed E-state index contributed by atoms with van der Waals surface area (Å²) in [6.45, 7) is 0.768. The van der Waals surface area contributed by atoms with Crippen LogP contribution in [0.2, 0.25) is 0 Å². The molecule has 4 nitrogen and oxygen atoms in total. The van der Waals surface area contributed by atoms with Gasteiger partial charge in [0.1, 0.15) is 0 Å². The molecule has 78 valence electrons. The van der Waals surface area contributed by atoms with Gasteiger partial charge >= 0.3 is 0 Å². The van der Waals surface area contributed by atoms with E-state index in [1.54, 1.807) is 16.8 Å². The standard InChI is InChI=1S/C10H17N3O/c1-12(2)5-4-10(14)9-6-8(11)7-13(9)3/h6-7H,4-5,11H2,1-3H3. The summed E-state index contributed by atoms with van der Waals surface area (Å²) >= 11 is 0. The van der Waals surface area contributed by atoms with E-state index in [1.807, 2.05) is 26.0 Å². The molecule has 0 spiro atoms. The predicted molar refractivity (Wildman–Crippen MR) is 57.3 cm³/mol. The molecule has 14 heavy (non-hydrogen) atoms. The fourth-order valence-electron chi connectivity index (χ4n) is 1.32. The molecule has 0 aliphatic rings. The minimum absolute atomic E-state index is 0.137. The SMILES string of the molecule is CN(C)CCC(=O)c1cc(N)cn1C. The number of carbonyl (C=O) groups excluding carboxylic acids is 1. The van der Waals surface area contributed by atoms with Crippen molar-refractivity contribution in [1.29, 1.82) is 0 Å². The van der Waals surface area contributed by atoms with Crippen molar-refractivity contribution in [3.63, 3.8) is 0 Å². The van der Waals surface area contributed by atoms with Gasteiger partial charge in [-0.25, -0.2) is 0 Å². The zero-order valence-corrected chi connectivity index (χ0v) is 8.95. The Hall–Kier alpha value is -1.29. The summed E-state index contributed by atoms with van der Waals surface area (Å²) in [6, 6.07) is 1.72. The number of carbonyl (C=O) groups is 1. The Bertz CT molecular complexity index is 328. The fraction of sp³-hybridized carbons (Fsp3) is 0.500. The minimum Gasteiger partial charge on any atom is -0.397 e. The molecule has 0 radical (unpaired) electrons. The van der Waals surface area contributed by atoms with Gasteiger partial charge in [0.15, 0.2) is 5.78 Å². The molecule has 0 bridgehead atoms. The van der Waals surface area contributed by atoms with E-state index in [0.29, 0.717) is 17.8 Å². The lowest BCUT2D eigenvalue weighted by molar-refractivity contribution is 0.0964. The molecule has 0 aliphatic heterocycles. The molecule has 1 aromatic heterocycles. The molecule has 0 unspecified atom stereocenters. The summed E-state index contributed by atoms with van der Waals surface area (Å²) in [7, 11) is 5.73. The van der Waals surface area contributed by atoms with Gasteiger partial charge in [-0.2, -0.15) is 0 Å². The van der Waals surface area contributed by atoms with Gasteiger partial charge < -0.3 is 15.2 Å². The van der Waals surface area contributed by atoms with Crippen molar-refractivity contribution in [2.45, 2.75) is 6.42 Å². The van der Waals surface area contributed by atoms with Gasteiger partial charge in [0.25, 0.3) is 0 Å². The Morgan fingerprint density at radius 1 is 1.57 bits per heavy atom. The van der Waals surface area contributed by atoms with E-state index >= 15 is 0 Å². The summed E-state index contributed by atoms with van der Waals surface area (Å²) in [5, 5.41) is 0. The number of nitrogens with zero attached hydrogens (tertiary/aromatic N) is 2. The number of ketones is 1. The lowest BCUT2D eigenvalue weighted by atomic mass is 10.2. The summed E-state index contributed by atoms with van der Waals surface area (Å²) in [5.41, 5.74) is 6.91. The van der Waals surface area contributed by atoms with E-state index in [2.05, 4.69) is 0 Å². The van der Waals surface area contributed by atoms with Crippen molar-refractivity contribution < 1.29 is 4.79 Å². The number of Topliss-reactive ketones (excluding diaryl/α,β-unsaturated/α-hetero) is 1. The topological polar surface area (TPSA) is 51.3 Å². The molecule has 2 N–H and O–H groups in total. The van der Waals surface area contributed by atoms with Gasteiger partial charge in [0.2, 0.25) is 0 Å². The van der Waals surface area contributed by atoms with Crippen LogP contribution in [0.1, 0.15) is 16.9 Å². The maximum absolute atomic E-state index is 11.7. The third-order valence-corrected chi connectivity index (χ3v) is 2.10. The normalized spacial score (nSPS) is 10.9. The lowest BCUT2D eigenvalue weighted by Crippen LogP contribution is -2.17. The van der Waals surface area contributed by atoms with Crippen molar-refractivity contribution in [2.24, 2.45) is 7.05 Å². The largest absolute Gasteiger partial charge is 0.397 e. The Morgan fingerprint density at radius 2 is 2.21 bits per heavy atom. The van der Waals surface area contributed by atoms with Crippen molar-refractivity contribution in [1.82, 2.24) is 9.47 Å². The van der Waals surface area contributed by atoms with E-state index in [4.69, 9.17) is 5.73 Å². The highest BCUT2D eigenvalue weighted by Crippen LogP contribution is 2.10. The van der Waals surface area contributed by atoms with Crippen molar-refractivity contribution in [3.8, 4) is 0 Å². The molecule has 1 heterocycles. The van der Waals surface area contributed by atoms with Crippen LogP contribution in [0, 0.1) is 0 Å². The van der Waals surface area contributed by atoms with Crippen LogP contribution in [0.5, 0.6) is 0 Å². The molecule has 0 saturated carbocycles. The first-order chi connectivity index (χ1) is 6.50. The minimum atomic E-state index is 0.137. The van der Waals surface area contributed by atoms with Crippen LogP contribution in [0.3, 0.4) is 0 Å². The van der Waals surface area contributed by atoms with Crippen LogP contribution in [0.25, 0.3) is 0 Å². The molecular weight excluding hydrogens is 178 g/mol. The number of hydrogen-bond donors (Lipinski definition) is 1. The number of aromatic nitrogens is 1. The first kappa shape index (κ1) is 10.8. The highest BCUT2D eigenvalue weighted by Gasteiger charge is 2.10. The number of nitrogens with two attached hydrogens (primary N) is 1. The Morgan fingerprint density at radius 3 is 2.64 bits per heavy atom. The molecule has 1 rings (SSSR count). The maximum atomic E-state index is 11.7. The van der Waals surface area contributed by atoms with Crippen molar-refractivity contribution in [2.75, 3.05) is 26.4 Å². The summed E-state index contributed by atoms with van der Waals surface area (Å²) in [5.74, 6) is 0.137. The molecule has 0 amide bonds. The highest BCUT2D eigenvalue weighted by atomic mass is 16.1. The van der Waals surface area contributed by atoms with E-state index in [0.717, 1.165) is 6.54 Å². The molecule has 0 atom stereocenters. The van der Waals surface area contributed by atoms with Crippen LogP contribution in [0.15, 0.2) is 12.3 Å².